The van der Waals surface area contributed by atoms with Crippen LogP contribution in [-0.2, 0) is 17.1 Å². The van der Waals surface area contributed by atoms with Gasteiger partial charge >= 0.3 is 24.4 Å². The standard InChI is InChI=1S/C39H37F6N3O5/c1-19(2)27-18-29(28-16-21(8-12-32(28)52-6)26-9-7-22(36(49)50)13-20(26)3)33(46-35(27)47(4)5)30-10-11-31-34(53-37(51)48(30)31)23-14-24(38(40,41)42)17-25(15-23)39(43,44)45/h7-9,12-19,30-31,34H,10-11H2,1-6H3,(H,49,50). The molecule has 1 aromatic heterocycles. The Kier molecular flexibility index (Phi) is 9.63. The van der Waals surface area contributed by atoms with Crippen molar-refractivity contribution in [2.45, 2.75) is 70.1 Å². The van der Waals surface area contributed by atoms with Gasteiger partial charge in [-0.3, -0.25) is 4.90 Å². The van der Waals surface area contributed by atoms with Gasteiger partial charge < -0.3 is 19.5 Å². The fraction of sp³-hybridized carbons (Fsp3) is 0.359. The predicted molar refractivity (Wildman–Crippen MR) is 185 cm³/mol. The summed E-state index contributed by atoms with van der Waals surface area (Å²) in [6, 6.07) is 11.9. The maximum Gasteiger partial charge on any atom is 0.416 e. The molecule has 53 heavy (non-hydrogen) atoms. The second-order valence-corrected chi connectivity index (χ2v) is 13.8. The van der Waals surface area contributed by atoms with Crippen LogP contribution in [0.4, 0.5) is 37.0 Å². The van der Waals surface area contributed by atoms with E-state index in [1.165, 1.54) is 18.1 Å². The maximum absolute atomic E-state index is 13.8. The Labute approximate surface area is 302 Å². The monoisotopic (exact) mass is 741 g/mol. The SMILES string of the molecule is COc1ccc(-c2ccc(C(=O)O)cc2C)cc1-c1cc(C(C)C)c(N(C)C)nc1C1CCC2C(c3cc(C(F)(F)F)cc(C(F)(F)F)c3)OC(=O)N12. The summed E-state index contributed by atoms with van der Waals surface area (Å²) in [5.74, 6) is 0.0338. The van der Waals surface area contributed by atoms with Gasteiger partial charge in [-0.05, 0) is 102 Å². The molecular formula is C39H37F6N3O5. The Morgan fingerprint density at radius 3 is 2.13 bits per heavy atom. The number of carbonyl (C=O) groups excluding carboxylic acids is 1. The molecule has 0 saturated carbocycles. The van der Waals surface area contributed by atoms with E-state index in [0.29, 0.717) is 46.9 Å². The smallest absolute Gasteiger partial charge is 0.416 e. The number of aromatic carboxylic acids is 1. The van der Waals surface area contributed by atoms with Crippen LogP contribution in [0.15, 0.2) is 60.7 Å². The number of aryl methyl sites for hydroxylation is 1. The number of rotatable bonds is 8. The van der Waals surface area contributed by atoms with Crippen LogP contribution in [-0.4, -0.2) is 54.3 Å². The van der Waals surface area contributed by atoms with E-state index in [1.54, 1.807) is 25.1 Å². The van der Waals surface area contributed by atoms with Crippen LogP contribution in [0.1, 0.15) is 88.6 Å². The van der Waals surface area contributed by atoms with E-state index in [1.807, 2.05) is 51.0 Å². The van der Waals surface area contributed by atoms with Gasteiger partial charge in [-0.2, -0.15) is 26.3 Å². The molecule has 3 heterocycles. The van der Waals surface area contributed by atoms with Gasteiger partial charge in [0.2, 0.25) is 0 Å². The molecule has 1 N–H and O–H groups in total. The molecule has 2 saturated heterocycles. The molecular weight excluding hydrogens is 704 g/mol. The number of fused-ring (bicyclic) bond motifs is 1. The minimum atomic E-state index is -5.07. The van der Waals surface area contributed by atoms with Gasteiger partial charge in [0.15, 0.2) is 0 Å². The Morgan fingerprint density at radius 2 is 1.58 bits per heavy atom. The summed E-state index contributed by atoms with van der Waals surface area (Å²) in [7, 11) is 5.16. The molecule has 1 amide bonds. The molecule has 2 aliphatic rings. The fourth-order valence-corrected chi connectivity index (χ4v) is 7.34. The van der Waals surface area contributed by atoms with Crippen molar-refractivity contribution in [2.75, 3.05) is 26.1 Å². The Bertz CT molecular complexity index is 2060. The van der Waals surface area contributed by atoms with Crippen LogP contribution in [0.25, 0.3) is 22.3 Å². The summed E-state index contributed by atoms with van der Waals surface area (Å²) in [4.78, 5) is 33.6. The van der Waals surface area contributed by atoms with Crippen molar-refractivity contribution in [3.8, 4) is 28.0 Å². The third-order valence-electron chi connectivity index (χ3n) is 9.85. The molecule has 280 valence electrons. The first-order valence-corrected chi connectivity index (χ1v) is 16.8. The van der Waals surface area contributed by atoms with Crippen LogP contribution in [0, 0.1) is 6.92 Å². The second kappa shape index (κ2) is 13.6. The average molecular weight is 742 g/mol. The lowest BCUT2D eigenvalue weighted by Gasteiger charge is -2.28. The number of carboxylic acids is 1. The lowest BCUT2D eigenvalue weighted by atomic mass is 9.90. The van der Waals surface area contributed by atoms with E-state index in [4.69, 9.17) is 14.5 Å². The number of anilines is 1. The third kappa shape index (κ3) is 6.98. The molecule has 0 aliphatic carbocycles. The molecule has 8 nitrogen and oxygen atoms in total. The largest absolute Gasteiger partial charge is 0.496 e. The topological polar surface area (TPSA) is 92.2 Å². The highest BCUT2D eigenvalue weighted by molar-refractivity contribution is 5.89. The number of cyclic esters (lactones) is 1. The van der Waals surface area contributed by atoms with E-state index in [9.17, 15) is 41.0 Å². The maximum atomic E-state index is 13.8. The first kappa shape index (κ1) is 37.5. The predicted octanol–water partition coefficient (Wildman–Crippen LogP) is 10.1. The summed E-state index contributed by atoms with van der Waals surface area (Å²) in [6.45, 7) is 5.82. The number of hydrogen-bond acceptors (Lipinski definition) is 6. The van der Waals surface area contributed by atoms with Crippen LogP contribution < -0.4 is 9.64 Å². The number of halogens is 6. The second-order valence-electron chi connectivity index (χ2n) is 13.8. The molecule has 0 radical (unpaired) electrons. The van der Waals surface area contributed by atoms with Crippen molar-refractivity contribution in [2.24, 2.45) is 0 Å². The van der Waals surface area contributed by atoms with Crippen LogP contribution in [0.3, 0.4) is 0 Å². The summed E-state index contributed by atoms with van der Waals surface area (Å²) in [5.41, 5.74) is 1.55. The number of amides is 1. The molecule has 3 atom stereocenters. The van der Waals surface area contributed by atoms with Gasteiger partial charge in [0.25, 0.3) is 0 Å². The van der Waals surface area contributed by atoms with E-state index in [2.05, 4.69) is 0 Å². The third-order valence-corrected chi connectivity index (χ3v) is 9.85. The van der Waals surface area contributed by atoms with Crippen molar-refractivity contribution >= 4 is 17.9 Å². The first-order valence-electron chi connectivity index (χ1n) is 16.8. The van der Waals surface area contributed by atoms with Gasteiger partial charge in [0.1, 0.15) is 17.7 Å². The number of alkyl halides is 6. The highest BCUT2D eigenvalue weighted by Gasteiger charge is 2.52. The number of hydrogen-bond donors (Lipinski definition) is 1. The van der Waals surface area contributed by atoms with E-state index < -0.39 is 59.3 Å². The van der Waals surface area contributed by atoms with Crippen LogP contribution in [0.2, 0.25) is 0 Å². The Balaban J connectivity index is 1.51. The van der Waals surface area contributed by atoms with E-state index >= 15 is 0 Å². The molecule has 3 unspecified atom stereocenters. The zero-order valence-corrected chi connectivity index (χ0v) is 29.7. The molecule has 0 spiro atoms. The minimum absolute atomic E-state index is 0.00567. The van der Waals surface area contributed by atoms with E-state index in [0.717, 1.165) is 22.3 Å². The van der Waals surface area contributed by atoms with Crippen molar-refractivity contribution in [1.82, 2.24) is 9.88 Å². The molecule has 0 bridgehead atoms. The summed E-state index contributed by atoms with van der Waals surface area (Å²) in [6.07, 6.45) is -11.9. The van der Waals surface area contributed by atoms with Crippen LogP contribution in [0.5, 0.6) is 5.75 Å². The van der Waals surface area contributed by atoms with Crippen LogP contribution >= 0.6 is 0 Å². The Hall–Kier alpha value is -5.27. The molecule has 14 heteroatoms. The average Bonchev–Trinajstić information content (AvgIpc) is 3.67. The number of pyridine rings is 1. The molecule has 2 fully saturated rings. The minimum Gasteiger partial charge on any atom is -0.496 e. The summed E-state index contributed by atoms with van der Waals surface area (Å²) in [5, 5.41) is 9.50. The van der Waals surface area contributed by atoms with Gasteiger partial charge in [-0.25, -0.2) is 14.6 Å². The fourth-order valence-electron chi connectivity index (χ4n) is 7.34. The highest BCUT2D eigenvalue weighted by Crippen LogP contribution is 2.51. The highest BCUT2D eigenvalue weighted by atomic mass is 19.4. The van der Waals surface area contributed by atoms with Crippen molar-refractivity contribution in [1.29, 1.82) is 0 Å². The van der Waals surface area contributed by atoms with Gasteiger partial charge in [0.05, 0.1) is 41.6 Å². The number of nitrogens with zero attached hydrogens (tertiary/aromatic N) is 3. The van der Waals surface area contributed by atoms with Crippen molar-refractivity contribution in [3.05, 3.63) is 99.7 Å². The lowest BCUT2D eigenvalue weighted by molar-refractivity contribution is -0.143. The molecule has 3 aromatic carbocycles. The number of aromatic nitrogens is 1. The number of benzene rings is 3. The first-order chi connectivity index (χ1) is 24.8. The summed E-state index contributed by atoms with van der Waals surface area (Å²) >= 11 is 0. The number of carboxylic acid groups (broad SMARTS) is 1. The van der Waals surface area contributed by atoms with Gasteiger partial charge in [-0.1, -0.05) is 26.0 Å². The van der Waals surface area contributed by atoms with Gasteiger partial charge in [0, 0.05) is 25.2 Å². The number of ether oxygens (including phenoxy) is 2. The molecule has 6 rings (SSSR count). The van der Waals surface area contributed by atoms with Gasteiger partial charge in [-0.15, -0.1) is 0 Å². The molecule has 4 aromatic rings. The van der Waals surface area contributed by atoms with Crippen molar-refractivity contribution in [3.63, 3.8) is 0 Å². The Morgan fingerprint density at radius 1 is 0.925 bits per heavy atom. The normalized spacial score (nSPS) is 18.7. The zero-order chi connectivity index (χ0) is 38.7. The van der Waals surface area contributed by atoms with E-state index in [-0.39, 0.29) is 24.0 Å². The quantitative estimate of drug-likeness (QED) is 0.180. The zero-order valence-electron chi connectivity index (χ0n) is 29.7. The number of methoxy groups -OCH3 is 1. The lowest BCUT2D eigenvalue weighted by Crippen LogP contribution is -2.31. The number of carbonyl (C=O) groups is 2. The molecule has 2 aliphatic heterocycles. The summed E-state index contributed by atoms with van der Waals surface area (Å²) < 4.78 is 94.1. The van der Waals surface area contributed by atoms with Crippen molar-refractivity contribution < 1.29 is 50.5 Å².